The quantitative estimate of drug-likeness (QED) is 0.605. The summed E-state index contributed by atoms with van der Waals surface area (Å²) in [6.07, 6.45) is 7.46. The highest BCUT2D eigenvalue weighted by Crippen LogP contribution is 2.39. The second-order valence-electron chi connectivity index (χ2n) is 4.07. The molecule has 3 nitrogen and oxygen atoms in total. The summed E-state index contributed by atoms with van der Waals surface area (Å²) in [6.45, 7) is 0. The lowest BCUT2D eigenvalue weighted by Crippen LogP contribution is -2.30. The molecule has 17 heavy (non-hydrogen) atoms. The molecule has 2 heterocycles. The van der Waals surface area contributed by atoms with Gasteiger partial charge in [0.15, 0.2) is 0 Å². The number of aromatic nitrogens is 1. The number of hydrogen-bond donors (Lipinski definition) is 0. The highest BCUT2D eigenvalue weighted by atomic mass is 32.2. The van der Waals surface area contributed by atoms with Crippen LogP contribution in [-0.4, -0.2) is 26.2 Å². The van der Waals surface area contributed by atoms with Crippen LogP contribution < -0.4 is 0 Å². The molecule has 2 fully saturated rings. The maximum atomic E-state index is 12.1. The van der Waals surface area contributed by atoms with Gasteiger partial charge in [0.1, 0.15) is 4.32 Å². The van der Waals surface area contributed by atoms with Crippen molar-refractivity contribution in [2.45, 2.75) is 18.9 Å². The van der Waals surface area contributed by atoms with Gasteiger partial charge in [-0.05, 0) is 30.5 Å². The fourth-order valence-corrected chi connectivity index (χ4v) is 3.14. The topological polar surface area (TPSA) is 33.2 Å². The summed E-state index contributed by atoms with van der Waals surface area (Å²) in [5.74, 6) is 0.0475. The van der Waals surface area contributed by atoms with Crippen molar-refractivity contribution in [2.75, 3.05) is 0 Å². The van der Waals surface area contributed by atoms with E-state index in [1.54, 1.807) is 17.3 Å². The van der Waals surface area contributed by atoms with Crippen molar-refractivity contribution in [3.63, 3.8) is 0 Å². The van der Waals surface area contributed by atoms with Crippen LogP contribution in [0, 0.1) is 0 Å². The van der Waals surface area contributed by atoms with E-state index in [4.69, 9.17) is 12.2 Å². The lowest BCUT2D eigenvalue weighted by atomic mass is 10.2. The Morgan fingerprint density at radius 2 is 2.35 bits per heavy atom. The normalized spacial score (nSPS) is 22.6. The zero-order chi connectivity index (χ0) is 11.8. The molecule has 1 amide bonds. The van der Waals surface area contributed by atoms with Gasteiger partial charge in [-0.1, -0.05) is 30.0 Å². The Bertz CT molecular complexity index is 508. The number of hydrogen-bond acceptors (Lipinski definition) is 4. The molecule has 3 rings (SSSR count). The van der Waals surface area contributed by atoms with Gasteiger partial charge >= 0.3 is 0 Å². The van der Waals surface area contributed by atoms with E-state index in [1.807, 2.05) is 18.2 Å². The first kappa shape index (κ1) is 10.9. The SMILES string of the molecule is O=C1/C(=C/c2cccnc2)SC(=S)N1C1CC1. The van der Waals surface area contributed by atoms with Gasteiger partial charge < -0.3 is 0 Å². The molecular weight excluding hydrogens is 252 g/mol. The van der Waals surface area contributed by atoms with E-state index in [-0.39, 0.29) is 5.91 Å². The number of amides is 1. The first-order valence-electron chi connectivity index (χ1n) is 5.43. The summed E-state index contributed by atoms with van der Waals surface area (Å²) < 4.78 is 0.688. The Morgan fingerprint density at radius 1 is 1.53 bits per heavy atom. The molecule has 1 saturated heterocycles. The average Bonchev–Trinajstić information content (AvgIpc) is 3.10. The van der Waals surface area contributed by atoms with Crippen LogP contribution in [0.2, 0.25) is 0 Å². The minimum absolute atomic E-state index is 0.0475. The average molecular weight is 262 g/mol. The van der Waals surface area contributed by atoms with Gasteiger partial charge in [0.2, 0.25) is 0 Å². The lowest BCUT2D eigenvalue weighted by Gasteiger charge is -2.11. The van der Waals surface area contributed by atoms with E-state index < -0.39 is 0 Å². The summed E-state index contributed by atoms with van der Waals surface area (Å²) in [7, 11) is 0. The molecule has 0 N–H and O–H groups in total. The number of nitrogens with zero attached hydrogens (tertiary/aromatic N) is 2. The Hall–Kier alpha value is -1.20. The number of carbonyl (C=O) groups excluding carboxylic acids is 1. The van der Waals surface area contributed by atoms with E-state index in [0.717, 1.165) is 18.4 Å². The van der Waals surface area contributed by atoms with Crippen molar-refractivity contribution in [1.82, 2.24) is 9.88 Å². The van der Waals surface area contributed by atoms with Crippen LogP contribution in [0.15, 0.2) is 29.4 Å². The number of thiocarbonyl (C=S) groups is 1. The standard InChI is InChI=1S/C12H10N2OS2/c15-11-10(6-8-2-1-5-13-7-8)17-12(16)14(11)9-3-4-9/h1-2,5-7,9H,3-4H2/b10-6-. The van der Waals surface area contributed by atoms with Crippen molar-refractivity contribution in [2.24, 2.45) is 0 Å². The van der Waals surface area contributed by atoms with Gasteiger partial charge in [0.25, 0.3) is 5.91 Å². The predicted octanol–water partition coefficient (Wildman–Crippen LogP) is 2.45. The van der Waals surface area contributed by atoms with Gasteiger partial charge in [-0.25, -0.2) is 0 Å². The van der Waals surface area contributed by atoms with Crippen LogP contribution in [0.3, 0.4) is 0 Å². The molecule has 0 atom stereocenters. The number of rotatable bonds is 2. The number of pyridine rings is 1. The van der Waals surface area contributed by atoms with E-state index in [1.165, 1.54) is 11.8 Å². The van der Waals surface area contributed by atoms with E-state index in [2.05, 4.69) is 4.98 Å². The van der Waals surface area contributed by atoms with Crippen molar-refractivity contribution < 1.29 is 4.79 Å². The van der Waals surface area contributed by atoms with E-state index in [0.29, 0.717) is 15.3 Å². The molecule has 5 heteroatoms. The fourth-order valence-electron chi connectivity index (χ4n) is 1.74. The second kappa shape index (κ2) is 4.23. The van der Waals surface area contributed by atoms with Crippen LogP contribution >= 0.6 is 24.0 Å². The monoisotopic (exact) mass is 262 g/mol. The van der Waals surface area contributed by atoms with E-state index in [9.17, 15) is 4.79 Å². The van der Waals surface area contributed by atoms with Gasteiger partial charge in [-0.15, -0.1) is 0 Å². The van der Waals surface area contributed by atoms with Crippen molar-refractivity contribution in [3.8, 4) is 0 Å². The molecule has 1 saturated carbocycles. The van der Waals surface area contributed by atoms with Crippen LogP contribution in [0.4, 0.5) is 0 Å². The van der Waals surface area contributed by atoms with Gasteiger partial charge in [0, 0.05) is 18.4 Å². The van der Waals surface area contributed by atoms with Crippen molar-refractivity contribution >= 4 is 40.3 Å². The van der Waals surface area contributed by atoms with Gasteiger partial charge in [-0.3, -0.25) is 14.7 Å². The molecule has 2 aliphatic rings. The summed E-state index contributed by atoms with van der Waals surface area (Å²) in [5.41, 5.74) is 0.934. The number of thioether (sulfide) groups is 1. The summed E-state index contributed by atoms with van der Waals surface area (Å²) in [6, 6.07) is 4.13. The molecule has 1 aromatic heterocycles. The smallest absolute Gasteiger partial charge is 0.266 e. The molecule has 0 unspecified atom stereocenters. The van der Waals surface area contributed by atoms with Crippen LogP contribution in [-0.2, 0) is 4.79 Å². The van der Waals surface area contributed by atoms with Crippen molar-refractivity contribution in [1.29, 1.82) is 0 Å². The largest absolute Gasteiger partial charge is 0.290 e. The minimum Gasteiger partial charge on any atom is -0.290 e. The Labute approximate surface area is 109 Å². The van der Waals surface area contributed by atoms with Crippen LogP contribution in [0.5, 0.6) is 0 Å². The zero-order valence-electron chi connectivity index (χ0n) is 9.00. The molecule has 86 valence electrons. The number of carbonyl (C=O) groups is 1. The Morgan fingerprint density at radius 3 is 3.00 bits per heavy atom. The summed E-state index contributed by atoms with van der Waals surface area (Å²) in [5, 5.41) is 0. The summed E-state index contributed by atoms with van der Waals surface area (Å²) >= 11 is 6.62. The molecule has 0 aromatic carbocycles. The van der Waals surface area contributed by atoms with Gasteiger partial charge in [0.05, 0.1) is 4.91 Å². The fraction of sp³-hybridized carbons (Fsp3) is 0.250. The molecule has 0 radical (unpaired) electrons. The first-order chi connectivity index (χ1) is 8.25. The zero-order valence-corrected chi connectivity index (χ0v) is 10.6. The third-order valence-electron chi connectivity index (χ3n) is 2.72. The maximum Gasteiger partial charge on any atom is 0.266 e. The first-order valence-corrected chi connectivity index (χ1v) is 6.65. The minimum atomic E-state index is 0.0475. The third kappa shape index (κ3) is 2.12. The van der Waals surface area contributed by atoms with Gasteiger partial charge in [-0.2, -0.15) is 0 Å². The lowest BCUT2D eigenvalue weighted by molar-refractivity contribution is -0.122. The second-order valence-corrected chi connectivity index (χ2v) is 5.75. The predicted molar refractivity (Wildman–Crippen MR) is 72.3 cm³/mol. The molecular formula is C12H10N2OS2. The summed E-state index contributed by atoms with van der Waals surface area (Å²) in [4.78, 5) is 18.6. The molecule has 1 aliphatic carbocycles. The highest BCUT2D eigenvalue weighted by Gasteiger charge is 2.41. The molecule has 0 bridgehead atoms. The van der Waals surface area contributed by atoms with Crippen LogP contribution in [0.25, 0.3) is 6.08 Å². The highest BCUT2D eigenvalue weighted by molar-refractivity contribution is 8.26. The molecule has 0 spiro atoms. The Kier molecular flexibility index (Phi) is 2.72. The van der Waals surface area contributed by atoms with Crippen LogP contribution in [0.1, 0.15) is 18.4 Å². The molecule has 1 aromatic rings. The van der Waals surface area contributed by atoms with Crippen molar-refractivity contribution in [3.05, 3.63) is 35.0 Å². The maximum absolute atomic E-state index is 12.1. The third-order valence-corrected chi connectivity index (χ3v) is 4.05. The Balaban J connectivity index is 1.88. The van der Waals surface area contributed by atoms with E-state index >= 15 is 0 Å². The molecule has 1 aliphatic heterocycles.